The maximum atomic E-state index is 14.7. The van der Waals surface area contributed by atoms with Gasteiger partial charge in [-0.2, -0.15) is 0 Å². The van der Waals surface area contributed by atoms with Crippen LogP contribution in [0.25, 0.3) is 33.4 Å². The van der Waals surface area contributed by atoms with E-state index < -0.39 is 41.3 Å². The molecule has 1 aromatic carbocycles. The second kappa shape index (κ2) is 20.3. The van der Waals surface area contributed by atoms with Gasteiger partial charge in [-0.1, -0.05) is 33.8 Å². The minimum absolute atomic E-state index is 0.0220. The molecule has 18 heteroatoms. The lowest BCUT2D eigenvalue weighted by Crippen LogP contribution is -2.63. The molecule has 4 aliphatic heterocycles. The van der Waals surface area contributed by atoms with Crippen LogP contribution in [0, 0.1) is 11.3 Å². The standard InChI is InChI=1S/C50H68N10O7S/c1-10-59-40-18-17-31-22-34(40)35(44(59)33-15-11-19-51-42(33)30(4)66-9)24-50(5,6)28-67-48(64)36-16-13-21-60(55-36)47(63)37(23-41-53-39(31)27-68-41)54-45(61)43(29(2)3)57(8)49(65)58-20-12-14-32(26-58)56(7)46(62)38-25-52-38/h11,15,17-19,22,27,29-30,32,36-38,43,52,55H,10,12-14,16,20-21,23-26,28H2,1-9H3,(H,54,61)/t30-,32+,36-,37-,38-,43?/m0/s1. The molecule has 3 aromatic heterocycles. The van der Waals surface area contributed by atoms with E-state index in [4.69, 9.17) is 19.4 Å². The number of rotatable bonds is 10. The van der Waals surface area contributed by atoms with Gasteiger partial charge in [-0.15, -0.1) is 11.3 Å². The lowest BCUT2D eigenvalue weighted by molar-refractivity contribution is -0.155. The number of aromatic nitrogens is 3. The van der Waals surface area contributed by atoms with E-state index >= 15 is 0 Å². The van der Waals surface area contributed by atoms with Crippen LogP contribution in [0.5, 0.6) is 0 Å². The number of ether oxygens (including phenoxy) is 2. The number of esters is 1. The number of likely N-dealkylation sites (N-methyl/N-ethyl adjacent to an activating group) is 2. The normalized spacial score (nSPS) is 22.9. The first-order valence-corrected chi connectivity index (χ1v) is 25.0. The Morgan fingerprint density at radius 2 is 1.85 bits per heavy atom. The molecule has 4 aromatic rings. The molecule has 4 aliphatic rings. The number of hydrogen-bond donors (Lipinski definition) is 3. The predicted octanol–water partition coefficient (Wildman–Crippen LogP) is 5.17. The first-order chi connectivity index (χ1) is 32.5. The van der Waals surface area contributed by atoms with Crippen molar-refractivity contribution < 1.29 is 33.4 Å². The highest BCUT2D eigenvalue weighted by molar-refractivity contribution is 7.10. The molecule has 366 valence electrons. The maximum Gasteiger partial charge on any atom is 0.324 e. The second-order valence-corrected chi connectivity index (χ2v) is 20.9. The molecule has 17 nitrogen and oxygen atoms in total. The number of likely N-dealkylation sites (tertiary alicyclic amines) is 1. The summed E-state index contributed by atoms with van der Waals surface area (Å²) in [6, 6.07) is 7.02. The van der Waals surface area contributed by atoms with Crippen molar-refractivity contribution in [2.75, 3.05) is 54.0 Å². The average molecular weight is 953 g/mol. The van der Waals surface area contributed by atoms with Crippen LogP contribution in [0.15, 0.2) is 41.9 Å². The van der Waals surface area contributed by atoms with E-state index in [-0.39, 0.29) is 49.1 Å². The third-order valence-electron chi connectivity index (χ3n) is 14.0. The van der Waals surface area contributed by atoms with E-state index in [2.05, 4.69) is 65.7 Å². The van der Waals surface area contributed by atoms with Gasteiger partial charge in [-0.05, 0) is 81.7 Å². The van der Waals surface area contributed by atoms with Gasteiger partial charge in [0.2, 0.25) is 11.8 Å². The molecule has 68 heavy (non-hydrogen) atoms. The summed E-state index contributed by atoms with van der Waals surface area (Å²) in [7, 11) is 5.10. The van der Waals surface area contributed by atoms with E-state index in [1.54, 1.807) is 37.2 Å². The van der Waals surface area contributed by atoms with Gasteiger partial charge in [-0.3, -0.25) is 29.2 Å². The maximum absolute atomic E-state index is 14.7. The third kappa shape index (κ3) is 10.1. The SMILES string of the molecule is CCn1c(-c2cccnc2[C@H](C)OC)c2c3cc(ccc31)-c1csc(n1)C[C@H](NC(=O)C(C(C)C)N(C)C(=O)N1CCC[C@@H](N(C)C(=O)[C@@H]3CN3)C1)C(=O)N1CCC[C@H](N1)C(=O)OCC(C)(C)C2. The fourth-order valence-corrected chi connectivity index (χ4v) is 11.0. The number of carbonyl (C=O) groups is 5. The zero-order valence-electron chi connectivity index (χ0n) is 41.0. The van der Waals surface area contributed by atoms with Gasteiger partial charge in [0, 0.05) is 105 Å². The van der Waals surface area contributed by atoms with Crippen molar-refractivity contribution in [1.82, 2.24) is 50.3 Å². The summed E-state index contributed by atoms with van der Waals surface area (Å²) in [5.74, 6) is -1.64. The Hall–Kier alpha value is -5.43. The Morgan fingerprint density at radius 3 is 2.57 bits per heavy atom. The number of aryl methyl sites for hydroxylation is 1. The minimum atomic E-state index is -1.08. The van der Waals surface area contributed by atoms with E-state index in [9.17, 15) is 24.0 Å². The summed E-state index contributed by atoms with van der Waals surface area (Å²) >= 11 is 1.41. The van der Waals surface area contributed by atoms with Crippen molar-refractivity contribution in [3.05, 3.63) is 58.2 Å². The van der Waals surface area contributed by atoms with E-state index in [0.717, 1.165) is 57.5 Å². The van der Waals surface area contributed by atoms with E-state index in [1.165, 1.54) is 21.2 Å². The number of thiazole rings is 1. The number of piperidine rings is 1. The molecule has 8 rings (SSSR count). The van der Waals surface area contributed by atoms with Crippen molar-refractivity contribution in [2.45, 2.75) is 123 Å². The van der Waals surface area contributed by atoms with Crippen LogP contribution in [0.4, 0.5) is 4.79 Å². The van der Waals surface area contributed by atoms with Gasteiger partial charge in [0.05, 0.1) is 40.8 Å². The number of nitrogens with one attached hydrogen (secondary N) is 3. The zero-order valence-corrected chi connectivity index (χ0v) is 41.8. The van der Waals surface area contributed by atoms with Gasteiger partial charge in [0.1, 0.15) is 18.1 Å². The molecule has 1 unspecified atom stereocenters. The molecule has 0 radical (unpaired) electrons. The van der Waals surface area contributed by atoms with Crippen molar-refractivity contribution in [1.29, 1.82) is 0 Å². The van der Waals surface area contributed by atoms with Crippen LogP contribution in [-0.4, -0.2) is 148 Å². The molecule has 6 bridgehead atoms. The Morgan fingerprint density at radius 1 is 1.09 bits per heavy atom. The fraction of sp³-hybridized carbons (Fsp3) is 0.580. The van der Waals surface area contributed by atoms with Crippen molar-refractivity contribution in [3.63, 3.8) is 0 Å². The highest BCUT2D eigenvalue weighted by atomic mass is 32.1. The van der Waals surface area contributed by atoms with Crippen LogP contribution in [-0.2, 0) is 48.0 Å². The molecule has 5 amide bonds. The number of hydrogen-bond acceptors (Lipinski definition) is 12. The van der Waals surface area contributed by atoms with Crippen molar-refractivity contribution in [3.8, 4) is 22.5 Å². The third-order valence-corrected chi connectivity index (χ3v) is 14.9. The quantitative estimate of drug-likeness (QED) is 0.140. The fourth-order valence-electron chi connectivity index (χ4n) is 10.2. The first kappa shape index (κ1) is 49.0. The molecular formula is C50H68N10O7S. The van der Waals surface area contributed by atoms with E-state index in [0.29, 0.717) is 57.0 Å². The smallest absolute Gasteiger partial charge is 0.324 e. The number of cyclic esters (lactones) is 1. The highest BCUT2D eigenvalue weighted by Crippen LogP contribution is 2.42. The van der Waals surface area contributed by atoms with Crippen LogP contribution in [0.1, 0.15) is 89.6 Å². The van der Waals surface area contributed by atoms with Crippen molar-refractivity contribution in [2.24, 2.45) is 11.3 Å². The first-order valence-electron chi connectivity index (χ1n) is 24.1. The van der Waals surface area contributed by atoms with E-state index in [1.807, 2.05) is 32.2 Å². The Bertz CT molecular complexity index is 2540. The molecule has 0 spiro atoms. The molecular weight excluding hydrogens is 885 g/mol. The summed E-state index contributed by atoms with van der Waals surface area (Å²) in [6.07, 6.45) is 4.71. The number of fused-ring (bicyclic) bond motifs is 6. The summed E-state index contributed by atoms with van der Waals surface area (Å²) < 4.78 is 14.3. The number of benzene rings is 1. The van der Waals surface area contributed by atoms with Gasteiger partial charge in [0.15, 0.2) is 0 Å². The number of carbonyl (C=O) groups excluding carboxylic acids is 5. The van der Waals surface area contributed by atoms with Crippen LogP contribution in [0.2, 0.25) is 0 Å². The van der Waals surface area contributed by atoms with Crippen LogP contribution in [0.3, 0.4) is 0 Å². The molecule has 3 N–H and O–H groups in total. The average Bonchev–Trinajstić information content (AvgIpc) is 4.02. The largest absolute Gasteiger partial charge is 0.464 e. The number of methoxy groups -OCH3 is 1. The van der Waals surface area contributed by atoms with Gasteiger partial charge >= 0.3 is 12.0 Å². The van der Waals surface area contributed by atoms with Gasteiger partial charge in [0.25, 0.3) is 5.91 Å². The number of amides is 5. The predicted molar refractivity (Wildman–Crippen MR) is 260 cm³/mol. The zero-order chi connectivity index (χ0) is 48.6. The second-order valence-electron chi connectivity index (χ2n) is 20.0. The lowest BCUT2D eigenvalue weighted by Gasteiger charge is -2.41. The molecule has 0 saturated carbocycles. The lowest BCUT2D eigenvalue weighted by atomic mass is 9.84. The molecule has 6 atom stereocenters. The number of pyridine rings is 1. The molecule has 7 heterocycles. The number of hydrazine groups is 1. The highest BCUT2D eigenvalue weighted by Gasteiger charge is 2.41. The van der Waals surface area contributed by atoms with Crippen LogP contribution < -0.4 is 16.1 Å². The van der Waals surface area contributed by atoms with Crippen molar-refractivity contribution >= 4 is 52.0 Å². The van der Waals surface area contributed by atoms with Gasteiger partial charge < -0.3 is 39.4 Å². The number of nitrogens with zero attached hydrogens (tertiary/aromatic N) is 7. The molecule has 0 aliphatic carbocycles. The van der Waals surface area contributed by atoms with Gasteiger partial charge in [-0.25, -0.2) is 15.2 Å². The Balaban J connectivity index is 1.13. The summed E-state index contributed by atoms with van der Waals surface area (Å²) in [5, 5.41) is 11.2. The summed E-state index contributed by atoms with van der Waals surface area (Å²) in [6.45, 7) is 14.7. The number of urea groups is 1. The monoisotopic (exact) mass is 952 g/mol. The van der Waals surface area contributed by atoms with Crippen LogP contribution >= 0.6 is 11.3 Å². The topological polar surface area (TPSA) is 193 Å². The Kier molecular flexibility index (Phi) is 14.6. The Labute approximate surface area is 403 Å². The molecule has 3 saturated heterocycles. The summed E-state index contributed by atoms with van der Waals surface area (Å²) in [5.41, 5.74) is 9.29. The minimum Gasteiger partial charge on any atom is -0.464 e. The molecule has 3 fully saturated rings. The summed E-state index contributed by atoms with van der Waals surface area (Å²) in [4.78, 5) is 85.1.